The topological polar surface area (TPSA) is 68.0 Å². The Kier molecular flexibility index (Phi) is 5.38. The zero-order valence-electron chi connectivity index (χ0n) is 14.7. The van der Waals surface area contributed by atoms with Crippen LogP contribution >= 0.6 is 12.2 Å². The lowest BCUT2D eigenvalue weighted by molar-refractivity contribution is 0.410. The molecule has 0 atom stereocenters. The SMILES string of the molecule is COc1ccccc1NC(=S)N/N=C(/C)c1cc2cccc(OC)c2o1. The number of hydrogen-bond donors (Lipinski definition) is 2. The summed E-state index contributed by atoms with van der Waals surface area (Å²) in [5.74, 6) is 2.02. The summed E-state index contributed by atoms with van der Waals surface area (Å²) in [5.41, 5.74) is 4.92. The van der Waals surface area contributed by atoms with Gasteiger partial charge in [-0.2, -0.15) is 5.10 Å². The maximum atomic E-state index is 5.86. The molecule has 0 aliphatic rings. The van der Waals surface area contributed by atoms with Crippen molar-refractivity contribution in [2.75, 3.05) is 19.5 Å². The molecule has 134 valence electrons. The molecule has 0 fully saturated rings. The van der Waals surface area contributed by atoms with Gasteiger partial charge < -0.3 is 19.2 Å². The Hall–Kier alpha value is -3.06. The van der Waals surface area contributed by atoms with Gasteiger partial charge in [-0.25, -0.2) is 0 Å². The number of ether oxygens (including phenoxy) is 2. The smallest absolute Gasteiger partial charge is 0.191 e. The number of furan rings is 1. The molecule has 0 unspecified atom stereocenters. The van der Waals surface area contributed by atoms with Crippen LogP contribution in [0.15, 0.2) is 58.0 Å². The Labute approximate surface area is 156 Å². The number of methoxy groups -OCH3 is 2. The van der Waals surface area contributed by atoms with Gasteiger partial charge in [0, 0.05) is 5.39 Å². The summed E-state index contributed by atoms with van der Waals surface area (Å²) in [6.45, 7) is 1.84. The van der Waals surface area contributed by atoms with Gasteiger partial charge in [0.15, 0.2) is 22.2 Å². The number of rotatable bonds is 5. The molecular formula is C19H19N3O3S. The van der Waals surface area contributed by atoms with Gasteiger partial charge in [0.1, 0.15) is 11.5 Å². The Morgan fingerprint density at radius 3 is 2.54 bits per heavy atom. The molecule has 7 heteroatoms. The molecule has 0 bridgehead atoms. The Balaban J connectivity index is 1.73. The van der Waals surface area contributed by atoms with Crippen molar-refractivity contribution in [2.45, 2.75) is 6.92 Å². The van der Waals surface area contributed by atoms with Gasteiger partial charge in [-0.05, 0) is 43.4 Å². The summed E-state index contributed by atoms with van der Waals surface area (Å²) in [6.07, 6.45) is 0. The normalized spacial score (nSPS) is 11.3. The fraction of sp³-hybridized carbons (Fsp3) is 0.158. The van der Waals surface area contributed by atoms with E-state index in [2.05, 4.69) is 15.8 Å². The van der Waals surface area contributed by atoms with Gasteiger partial charge in [0.2, 0.25) is 0 Å². The number of nitrogens with one attached hydrogen (secondary N) is 2. The number of anilines is 1. The van der Waals surface area contributed by atoms with E-state index in [1.54, 1.807) is 14.2 Å². The minimum Gasteiger partial charge on any atom is -0.495 e. The van der Waals surface area contributed by atoms with E-state index in [9.17, 15) is 0 Å². The van der Waals surface area contributed by atoms with E-state index in [1.165, 1.54) is 0 Å². The third kappa shape index (κ3) is 3.78. The lowest BCUT2D eigenvalue weighted by atomic mass is 10.2. The van der Waals surface area contributed by atoms with Crippen molar-refractivity contribution in [3.8, 4) is 11.5 Å². The number of hydrogen-bond acceptors (Lipinski definition) is 5. The Morgan fingerprint density at radius 1 is 1.04 bits per heavy atom. The summed E-state index contributed by atoms with van der Waals surface area (Å²) in [6, 6.07) is 15.1. The van der Waals surface area contributed by atoms with Crippen LogP contribution in [0.3, 0.4) is 0 Å². The quantitative estimate of drug-likeness (QED) is 0.400. The van der Waals surface area contributed by atoms with E-state index in [1.807, 2.05) is 55.5 Å². The van der Waals surface area contributed by atoms with Crippen LogP contribution in [0, 0.1) is 0 Å². The van der Waals surface area contributed by atoms with Crippen molar-refractivity contribution in [2.24, 2.45) is 5.10 Å². The summed E-state index contributed by atoms with van der Waals surface area (Å²) in [4.78, 5) is 0. The van der Waals surface area contributed by atoms with Crippen molar-refractivity contribution >= 4 is 39.7 Å². The highest BCUT2D eigenvalue weighted by Gasteiger charge is 2.11. The Bertz CT molecular complexity index is 966. The van der Waals surface area contributed by atoms with Gasteiger partial charge in [-0.15, -0.1) is 0 Å². The molecule has 0 aliphatic carbocycles. The molecule has 1 aromatic heterocycles. The molecule has 0 aliphatic heterocycles. The maximum absolute atomic E-state index is 5.86. The zero-order valence-corrected chi connectivity index (χ0v) is 15.5. The minimum atomic E-state index is 0.350. The molecule has 0 amide bonds. The molecule has 0 saturated carbocycles. The van der Waals surface area contributed by atoms with Gasteiger partial charge >= 0.3 is 0 Å². The summed E-state index contributed by atoms with van der Waals surface area (Å²) in [5, 5.41) is 8.63. The second kappa shape index (κ2) is 7.88. The first-order valence-corrected chi connectivity index (χ1v) is 8.34. The highest BCUT2D eigenvalue weighted by atomic mass is 32.1. The van der Waals surface area contributed by atoms with Gasteiger partial charge in [0.05, 0.1) is 19.9 Å². The lowest BCUT2D eigenvalue weighted by Crippen LogP contribution is -2.25. The van der Waals surface area contributed by atoms with E-state index in [-0.39, 0.29) is 0 Å². The first-order chi connectivity index (χ1) is 12.6. The number of hydrazone groups is 1. The van der Waals surface area contributed by atoms with E-state index in [0.717, 1.165) is 11.1 Å². The fourth-order valence-electron chi connectivity index (χ4n) is 2.46. The molecule has 2 N–H and O–H groups in total. The number of thiocarbonyl (C=S) groups is 1. The molecule has 0 radical (unpaired) electrons. The van der Waals surface area contributed by atoms with Crippen molar-refractivity contribution in [1.82, 2.24) is 5.43 Å². The standard InChI is InChI=1S/C19H19N3O3S/c1-12(17-11-13-7-6-10-16(24-3)18(13)25-17)21-22-19(26)20-14-8-4-5-9-15(14)23-2/h4-11H,1-3H3,(H2,20,22,26)/b21-12-. The summed E-state index contributed by atoms with van der Waals surface area (Å²) < 4.78 is 16.5. The molecule has 2 aromatic carbocycles. The van der Waals surface area contributed by atoms with E-state index < -0.39 is 0 Å². The van der Waals surface area contributed by atoms with Crippen LogP contribution in [0.5, 0.6) is 11.5 Å². The minimum absolute atomic E-state index is 0.350. The molecule has 6 nitrogen and oxygen atoms in total. The molecule has 26 heavy (non-hydrogen) atoms. The molecule has 3 rings (SSSR count). The third-order valence-corrected chi connectivity index (χ3v) is 3.96. The highest BCUT2D eigenvalue weighted by molar-refractivity contribution is 7.80. The van der Waals surface area contributed by atoms with Crippen molar-refractivity contribution in [3.63, 3.8) is 0 Å². The van der Waals surface area contributed by atoms with Crippen LogP contribution in [-0.4, -0.2) is 25.0 Å². The predicted octanol–water partition coefficient (Wildman–Crippen LogP) is 4.16. The first kappa shape index (κ1) is 17.8. The van der Waals surface area contributed by atoms with Crippen molar-refractivity contribution in [3.05, 3.63) is 54.3 Å². The monoisotopic (exact) mass is 369 g/mol. The van der Waals surface area contributed by atoms with Crippen LogP contribution in [0.25, 0.3) is 11.0 Å². The predicted molar refractivity (Wildman–Crippen MR) is 107 cm³/mol. The van der Waals surface area contributed by atoms with E-state index >= 15 is 0 Å². The van der Waals surface area contributed by atoms with Gasteiger partial charge in [0.25, 0.3) is 0 Å². The second-order valence-electron chi connectivity index (χ2n) is 5.45. The van der Waals surface area contributed by atoms with Crippen molar-refractivity contribution in [1.29, 1.82) is 0 Å². The van der Waals surface area contributed by atoms with E-state index in [0.29, 0.717) is 33.7 Å². The van der Waals surface area contributed by atoms with Gasteiger partial charge in [-0.3, -0.25) is 5.43 Å². The fourth-order valence-corrected chi connectivity index (χ4v) is 2.62. The van der Waals surface area contributed by atoms with Crippen LogP contribution < -0.4 is 20.2 Å². The second-order valence-corrected chi connectivity index (χ2v) is 5.86. The van der Waals surface area contributed by atoms with E-state index in [4.69, 9.17) is 26.1 Å². The van der Waals surface area contributed by atoms with Crippen LogP contribution in [0.2, 0.25) is 0 Å². The van der Waals surface area contributed by atoms with Crippen LogP contribution in [-0.2, 0) is 0 Å². The summed E-state index contributed by atoms with van der Waals surface area (Å²) in [7, 11) is 3.22. The highest BCUT2D eigenvalue weighted by Crippen LogP contribution is 2.28. The third-order valence-electron chi connectivity index (χ3n) is 3.76. The molecule has 1 heterocycles. The zero-order chi connectivity index (χ0) is 18.5. The van der Waals surface area contributed by atoms with Crippen LogP contribution in [0.4, 0.5) is 5.69 Å². The number of nitrogens with zero attached hydrogens (tertiary/aromatic N) is 1. The molecule has 0 spiro atoms. The number of benzene rings is 2. The van der Waals surface area contributed by atoms with Crippen molar-refractivity contribution < 1.29 is 13.9 Å². The summed E-state index contributed by atoms with van der Waals surface area (Å²) >= 11 is 5.28. The van der Waals surface area contributed by atoms with Gasteiger partial charge in [-0.1, -0.05) is 24.3 Å². The molecular weight excluding hydrogens is 350 g/mol. The number of fused-ring (bicyclic) bond motifs is 1. The largest absolute Gasteiger partial charge is 0.495 e. The lowest BCUT2D eigenvalue weighted by Gasteiger charge is -2.11. The first-order valence-electron chi connectivity index (χ1n) is 7.93. The average Bonchev–Trinajstić information content (AvgIpc) is 3.11. The Morgan fingerprint density at radius 2 is 1.77 bits per heavy atom. The molecule has 0 saturated heterocycles. The number of para-hydroxylation sites is 3. The maximum Gasteiger partial charge on any atom is 0.191 e. The average molecular weight is 369 g/mol. The molecule has 3 aromatic rings. The van der Waals surface area contributed by atoms with Crippen LogP contribution in [0.1, 0.15) is 12.7 Å².